The van der Waals surface area contributed by atoms with Crippen LogP contribution in [0.2, 0.25) is 0 Å². The van der Waals surface area contributed by atoms with Gasteiger partial charge in [0.15, 0.2) is 0 Å². The summed E-state index contributed by atoms with van der Waals surface area (Å²) in [7, 11) is 0. The molecule has 0 aliphatic heterocycles. The Bertz CT molecular complexity index is 627. The fourth-order valence-electron chi connectivity index (χ4n) is 4.07. The minimum atomic E-state index is -1.08. The fourth-order valence-corrected chi connectivity index (χ4v) is 4.07. The number of anilines is 1. The molecular weight excluding hydrogens is 440 g/mol. The second kappa shape index (κ2) is 22.4. The highest BCUT2D eigenvalue weighted by Crippen LogP contribution is 2.16. The molecule has 35 heavy (non-hydrogen) atoms. The summed E-state index contributed by atoms with van der Waals surface area (Å²) in [6.07, 6.45) is 12.6. The van der Waals surface area contributed by atoms with Gasteiger partial charge in [-0.2, -0.15) is 0 Å². The molecule has 6 nitrogen and oxygen atoms in total. The lowest BCUT2D eigenvalue weighted by Crippen LogP contribution is -3.12. The maximum atomic E-state index is 12.5. The lowest BCUT2D eigenvalue weighted by molar-refractivity contribution is -0.900. The first-order valence-corrected chi connectivity index (χ1v) is 13.9. The molecule has 0 unspecified atom stereocenters. The maximum Gasteiger partial charge on any atom is 0.338 e. The molecule has 0 aliphatic carbocycles. The highest BCUT2D eigenvalue weighted by Gasteiger charge is 2.12. The predicted molar refractivity (Wildman–Crippen MR) is 144 cm³/mol. The van der Waals surface area contributed by atoms with Gasteiger partial charge in [0.1, 0.15) is 13.2 Å². The SMILES string of the molecule is CC(=O)[O-].CCCCCC[NH+](CCCCCC)CCOC(=O)c1ccc(N(CCC)CCC)cc1. The molecule has 0 heterocycles. The van der Waals surface area contributed by atoms with E-state index in [0.29, 0.717) is 12.2 Å². The highest BCUT2D eigenvalue weighted by atomic mass is 16.5. The molecule has 0 saturated heterocycles. The van der Waals surface area contributed by atoms with Gasteiger partial charge in [0.25, 0.3) is 0 Å². The number of nitrogens with one attached hydrogen (secondary N) is 1. The predicted octanol–water partition coefficient (Wildman–Crippen LogP) is 4.27. The fraction of sp³-hybridized carbons (Fsp3) is 0.724. The average Bonchev–Trinajstić information content (AvgIpc) is 2.83. The quantitative estimate of drug-likeness (QED) is 0.231. The van der Waals surface area contributed by atoms with Crippen molar-refractivity contribution < 1.29 is 24.3 Å². The third-order valence-corrected chi connectivity index (χ3v) is 5.91. The Morgan fingerprint density at radius 3 is 1.69 bits per heavy atom. The monoisotopic (exact) mass is 492 g/mol. The number of benzene rings is 1. The van der Waals surface area contributed by atoms with Crippen molar-refractivity contribution in [3.05, 3.63) is 29.8 Å². The first-order valence-electron chi connectivity index (χ1n) is 13.9. The molecule has 0 spiro atoms. The molecule has 0 aromatic heterocycles. The van der Waals surface area contributed by atoms with E-state index in [1.165, 1.54) is 70.1 Å². The van der Waals surface area contributed by atoms with E-state index in [1.54, 1.807) is 4.90 Å². The van der Waals surface area contributed by atoms with Gasteiger partial charge in [-0.3, -0.25) is 0 Å². The molecule has 1 aromatic rings. The average molecular weight is 493 g/mol. The van der Waals surface area contributed by atoms with E-state index in [2.05, 4.69) is 44.7 Å². The zero-order valence-corrected chi connectivity index (χ0v) is 23.2. The number of carboxylic acid groups (broad SMARTS) is 1. The number of rotatable bonds is 19. The van der Waals surface area contributed by atoms with Crippen molar-refractivity contribution >= 4 is 17.6 Å². The Labute approximate surface area is 215 Å². The molecule has 1 aromatic carbocycles. The van der Waals surface area contributed by atoms with Crippen LogP contribution < -0.4 is 14.9 Å². The summed E-state index contributed by atoms with van der Waals surface area (Å²) in [5, 5.41) is 8.89. The van der Waals surface area contributed by atoms with Gasteiger partial charge in [0.05, 0.1) is 18.7 Å². The molecule has 0 bridgehead atoms. The number of carboxylic acids is 1. The van der Waals surface area contributed by atoms with Crippen LogP contribution in [-0.2, 0) is 9.53 Å². The van der Waals surface area contributed by atoms with Gasteiger partial charge in [0.2, 0.25) is 0 Å². The number of hydrogen-bond acceptors (Lipinski definition) is 5. The number of quaternary nitrogens is 1. The molecule has 1 rings (SSSR count). The summed E-state index contributed by atoms with van der Waals surface area (Å²) < 4.78 is 5.64. The third kappa shape index (κ3) is 17.9. The number of carbonyl (C=O) groups excluding carboxylic acids is 2. The van der Waals surface area contributed by atoms with E-state index < -0.39 is 5.97 Å². The van der Waals surface area contributed by atoms with Crippen LogP contribution in [-0.4, -0.2) is 51.3 Å². The van der Waals surface area contributed by atoms with E-state index in [0.717, 1.165) is 39.4 Å². The normalized spacial score (nSPS) is 10.6. The lowest BCUT2D eigenvalue weighted by Gasteiger charge is -2.23. The summed E-state index contributed by atoms with van der Waals surface area (Å²) in [6.45, 7) is 15.8. The van der Waals surface area contributed by atoms with Gasteiger partial charge in [0, 0.05) is 24.7 Å². The third-order valence-electron chi connectivity index (χ3n) is 5.91. The Balaban J connectivity index is 0.00000267. The van der Waals surface area contributed by atoms with E-state index in [9.17, 15) is 4.79 Å². The van der Waals surface area contributed by atoms with Crippen molar-refractivity contribution in [1.82, 2.24) is 0 Å². The van der Waals surface area contributed by atoms with Crippen LogP contribution in [0.25, 0.3) is 0 Å². The summed E-state index contributed by atoms with van der Waals surface area (Å²) >= 11 is 0. The molecule has 0 saturated carbocycles. The van der Waals surface area contributed by atoms with Gasteiger partial charge in [-0.05, 0) is 69.7 Å². The molecule has 6 heteroatoms. The van der Waals surface area contributed by atoms with E-state index in [4.69, 9.17) is 14.6 Å². The number of hydrogen-bond donors (Lipinski definition) is 1. The smallest absolute Gasteiger partial charge is 0.338 e. The Morgan fingerprint density at radius 1 is 0.771 bits per heavy atom. The molecule has 0 atom stereocenters. The number of aliphatic carboxylic acids is 1. The molecule has 0 fully saturated rings. The largest absolute Gasteiger partial charge is 0.550 e. The molecule has 0 aliphatic rings. The minimum Gasteiger partial charge on any atom is -0.550 e. The van der Waals surface area contributed by atoms with Crippen LogP contribution in [0.3, 0.4) is 0 Å². The summed E-state index contributed by atoms with van der Waals surface area (Å²) in [5.41, 5.74) is 1.85. The van der Waals surface area contributed by atoms with Crippen molar-refractivity contribution in [2.45, 2.75) is 98.8 Å². The van der Waals surface area contributed by atoms with Gasteiger partial charge in [-0.1, -0.05) is 53.4 Å². The Morgan fingerprint density at radius 2 is 1.26 bits per heavy atom. The van der Waals surface area contributed by atoms with Crippen LogP contribution in [0.4, 0.5) is 5.69 Å². The van der Waals surface area contributed by atoms with Crippen molar-refractivity contribution in [1.29, 1.82) is 0 Å². The van der Waals surface area contributed by atoms with Gasteiger partial charge >= 0.3 is 5.97 Å². The second-order valence-corrected chi connectivity index (χ2v) is 9.28. The van der Waals surface area contributed by atoms with E-state index >= 15 is 0 Å². The van der Waals surface area contributed by atoms with Crippen LogP contribution in [0, 0.1) is 0 Å². The van der Waals surface area contributed by atoms with Crippen LogP contribution >= 0.6 is 0 Å². The molecular formula is C29H52N2O4. The van der Waals surface area contributed by atoms with Gasteiger partial charge in [-0.15, -0.1) is 0 Å². The zero-order valence-electron chi connectivity index (χ0n) is 23.2. The molecule has 1 N–H and O–H groups in total. The van der Waals surface area contributed by atoms with Gasteiger partial charge in [-0.25, -0.2) is 4.79 Å². The summed E-state index contributed by atoms with van der Waals surface area (Å²) in [6, 6.07) is 7.94. The van der Waals surface area contributed by atoms with Crippen LogP contribution in [0.1, 0.15) is 109 Å². The molecule has 202 valence electrons. The summed E-state index contributed by atoms with van der Waals surface area (Å²) in [4.78, 5) is 25.4. The van der Waals surface area contributed by atoms with Crippen molar-refractivity contribution in [2.24, 2.45) is 0 Å². The van der Waals surface area contributed by atoms with E-state index in [1.807, 2.05) is 12.1 Å². The Kier molecular flexibility index (Phi) is 21.1. The van der Waals surface area contributed by atoms with Crippen LogP contribution in [0.5, 0.6) is 0 Å². The Hall–Kier alpha value is -2.08. The zero-order chi connectivity index (χ0) is 26.3. The van der Waals surface area contributed by atoms with Crippen molar-refractivity contribution in [3.8, 4) is 0 Å². The number of esters is 1. The van der Waals surface area contributed by atoms with Crippen molar-refractivity contribution in [2.75, 3.05) is 44.2 Å². The number of carbonyl (C=O) groups is 2. The van der Waals surface area contributed by atoms with Crippen molar-refractivity contribution in [3.63, 3.8) is 0 Å². The number of unbranched alkanes of at least 4 members (excludes halogenated alkanes) is 6. The second-order valence-electron chi connectivity index (χ2n) is 9.28. The lowest BCUT2D eigenvalue weighted by atomic mass is 10.1. The first kappa shape index (κ1) is 32.9. The highest BCUT2D eigenvalue weighted by molar-refractivity contribution is 5.89. The molecule has 0 amide bonds. The number of ether oxygens (including phenoxy) is 1. The minimum absolute atomic E-state index is 0.194. The standard InChI is InChI=1S/C27H48N2O2.C2H4O2/c1-5-9-11-13-21-28(22-14-12-10-6-2)23-24-31-27(30)25-15-17-26(18-16-25)29(19-7-3)20-8-4;1-2(3)4/h15-18H,5-14,19-24H2,1-4H3;1H3,(H,3,4). The number of nitrogens with zero attached hydrogens (tertiary/aromatic N) is 1. The first-order chi connectivity index (χ1) is 16.9. The molecule has 0 radical (unpaired) electrons. The summed E-state index contributed by atoms with van der Waals surface area (Å²) in [5.74, 6) is -1.28. The van der Waals surface area contributed by atoms with Gasteiger partial charge < -0.3 is 24.4 Å². The van der Waals surface area contributed by atoms with E-state index in [-0.39, 0.29) is 5.97 Å². The van der Waals surface area contributed by atoms with Crippen LogP contribution in [0.15, 0.2) is 24.3 Å². The maximum absolute atomic E-state index is 12.5. The topological polar surface area (TPSA) is 74.1 Å².